The van der Waals surface area contributed by atoms with Crippen LogP contribution in [-0.4, -0.2) is 36.6 Å². The maximum absolute atomic E-state index is 12.7. The zero-order valence-electron chi connectivity index (χ0n) is 15.8. The summed E-state index contributed by atoms with van der Waals surface area (Å²) < 4.78 is 12.1. The average molecular weight is 409 g/mol. The van der Waals surface area contributed by atoms with Crippen LogP contribution in [0, 0.1) is 12.8 Å². The van der Waals surface area contributed by atoms with Crippen LogP contribution < -0.4 is 19.7 Å². The van der Waals surface area contributed by atoms with Gasteiger partial charge in [-0.1, -0.05) is 0 Å². The number of nitrogens with zero attached hydrogens (tertiary/aromatic N) is 2. The zero-order chi connectivity index (χ0) is 20.0. The Kier molecular flexibility index (Phi) is 4.35. The van der Waals surface area contributed by atoms with Crippen molar-refractivity contribution in [1.82, 2.24) is 4.98 Å². The first-order valence-electron chi connectivity index (χ1n) is 9.45. The van der Waals surface area contributed by atoms with Crippen molar-refractivity contribution in [3.63, 3.8) is 0 Å². The summed E-state index contributed by atoms with van der Waals surface area (Å²) in [4.78, 5) is 31.5. The van der Waals surface area contributed by atoms with Crippen molar-refractivity contribution in [3.05, 3.63) is 41.4 Å². The zero-order valence-corrected chi connectivity index (χ0v) is 16.6. The molecule has 1 aromatic heterocycles. The summed E-state index contributed by atoms with van der Waals surface area (Å²) in [7, 11) is 0. The van der Waals surface area contributed by atoms with Crippen molar-refractivity contribution >= 4 is 44.7 Å². The van der Waals surface area contributed by atoms with Gasteiger partial charge >= 0.3 is 0 Å². The summed E-state index contributed by atoms with van der Waals surface area (Å²) >= 11 is 1.62. The molecule has 0 saturated carbocycles. The Hall–Kier alpha value is -3.13. The standard InChI is InChI=1S/C21H19N3O4S/c1-12-22-16-10-15(3-5-19(16)29-12)24-11-13(8-20(24)25)21(26)23-14-2-4-17-18(9-14)28-7-6-27-17/h2-5,9-10,13H,6-8,11H2,1H3,(H,23,26). The molecule has 0 aliphatic carbocycles. The lowest BCUT2D eigenvalue weighted by atomic mass is 10.1. The molecular weight excluding hydrogens is 390 g/mol. The molecule has 2 aliphatic heterocycles. The molecule has 3 heterocycles. The monoisotopic (exact) mass is 409 g/mol. The number of anilines is 2. The molecule has 148 valence electrons. The number of ether oxygens (including phenoxy) is 2. The van der Waals surface area contributed by atoms with Crippen LogP contribution in [0.15, 0.2) is 36.4 Å². The van der Waals surface area contributed by atoms with Gasteiger partial charge in [0.05, 0.1) is 21.1 Å². The molecule has 29 heavy (non-hydrogen) atoms. The molecule has 0 bridgehead atoms. The molecule has 1 saturated heterocycles. The lowest BCUT2D eigenvalue weighted by molar-refractivity contribution is -0.122. The minimum absolute atomic E-state index is 0.0568. The average Bonchev–Trinajstić information content (AvgIpc) is 3.29. The van der Waals surface area contributed by atoms with Crippen LogP contribution in [0.5, 0.6) is 11.5 Å². The molecule has 0 spiro atoms. The van der Waals surface area contributed by atoms with E-state index in [0.29, 0.717) is 36.9 Å². The van der Waals surface area contributed by atoms with Gasteiger partial charge in [0, 0.05) is 30.4 Å². The van der Waals surface area contributed by atoms with Gasteiger partial charge in [-0.15, -0.1) is 11.3 Å². The van der Waals surface area contributed by atoms with Crippen molar-refractivity contribution in [3.8, 4) is 11.5 Å². The number of nitrogens with one attached hydrogen (secondary N) is 1. The summed E-state index contributed by atoms with van der Waals surface area (Å²) in [5.74, 6) is 0.638. The second-order valence-corrected chi connectivity index (χ2v) is 8.37. The van der Waals surface area contributed by atoms with E-state index in [1.165, 1.54) is 0 Å². The molecule has 2 amide bonds. The Morgan fingerprint density at radius 2 is 2.00 bits per heavy atom. The molecule has 8 heteroatoms. The third-order valence-corrected chi connectivity index (χ3v) is 6.05. The van der Waals surface area contributed by atoms with E-state index in [-0.39, 0.29) is 18.2 Å². The highest BCUT2D eigenvalue weighted by Gasteiger charge is 2.35. The number of hydrogen-bond donors (Lipinski definition) is 1. The second kappa shape index (κ2) is 7.04. The van der Waals surface area contributed by atoms with Gasteiger partial charge in [0.25, 0.3) is 0 Å². The molecule has 2 aliphatic rings. The number of carbonyl (C=O) groups excluding carboxylic acids is 2. The minimum Gasteiger partial charge on any atom is -0.486 e. The summed E-state index contributed by atoms with van der Waals surface area (Å²) in [6, 6.07) is 11.1. The lowest BCUT2D eigenvalue weighted by Gasteiger charge is -2.19. The van der Waals surface area contributed by atoms with E-state index < -0.39 is 5.92 Å². The van der Waals surface area contributed by atoms with Crippen molar-refractivity contribution in [2.75, 3.05) is 30.0 Å². The van der Waals surface area contributed by atoms with Crippen LogP contribution in [0.4, 0.5) is 11.4 Å². The molecule has 1 fully saturated rings. The number of benzene rings is 2. The number of carbonyl (C=O) groups is 2. The van der Waals surface area contributed by atoms with Gasteiger partial charge < -0.3 is 19.7 Å². The van der Waals surface area contributed by atoms with Gasteiger partial charge in [0.1, 0.15) is 13.2 Å². The Labute approximate surface area is 171 Å². The summed E-state index contributed by atoms with van der Waals surface area (Å²) in [6.45, 7) is 3.32. The fraction of sp³-hybridized carbons (Fsp3) is 0.286. The van der Waals surface area contributed by atoms with Crippen molar-refractivity contribution in [2.24, 2.45) is 5.92 Å². The molecule has 3 aromatic rings. The highest BCUT2D eigenvalue weighted by atomic mass is 32.1. The topological polar surface area (TPSA) is 80.8 Å². The maximum atomic E-state index is 12.7. The molecule has 0 radical (unpaired) electrons. The third kappa shape index (κ3) is 3.40. The number of amides is 2. The van der Waals surface area contributed by atoms with E-state index >= 15 is 0 Å². The van der Waals surface area contributed by atoms with Crippen LogP contribution in [0.1, 0.15) is 11.4 Å². The van der Waals surface area contributed by atoms with Crippen LogP contribution in [0.25, 0.3) is 10.2 Å². The van der Waals surface area contributed by atoms with E-state index in [1.807, 2.05) is 25.1 Å². The fourth-order valence-electron chi connectivity index (χ4n) is 3.70. The number of hydrogen-bond acceptors (Lipinski definition) is 6. The van der Waals surface area contributed by atoms with E-state index in [9.17, 15) is 9.59 Å². The van der Waals surface area contributed by atoms with Crippen LogP contribution in [0.3, 0.4) is 0 Å². The number of rotatable bonds is 3. The number of thiazole rings is 1. The molecule has 1 unspecified atom stereocenters. The van der Waals surface area contributed by atoms with Gasteiger partial charge in [-0.05, 0) is 37.3 Å². The fourth-order valence-corrected chi connectivity index (χ4v) is 4.50. The van der Waals surface area contributed by atoms with Crippen molar-refractivity contribution in [2.45, 2.75) is 13.3 Å². The lowest BCUT2D eigenvalue weighted by Crippen LogP contribution is -2.28. The van der Waals surface area contributed by atoms with E-state index in [2.05, 4.69) is 10.3 Å². The normalized spacial score (nSPS) is 18.3. The second-order valence-electron chi connectivity index (χ2n) is 7.14. The van der Waals surface area contributed by atoms with E-state index in [4.69, 9.17) is 9.47 Å². The molecule has 5 rings (SSSR count). The van der Waals surface area contributed by atoms with Gasteiger partial charge in [0.2, 0.25) is 11.8 Å². The Bertz CT molecular complexity index is 1130. The highest BCUT2D eigenvalue weighted by Crippen LogP contribution is 2.34. The summed E-state index contributed by atoms with van der Waals surface area (Å²) in [5.41, 5.74) is 2.29. The summed E-state index contributed by atoms with van der Waals surface area (Å²) in [6.07, 6.45) is 0.185. The molecule has 1 N–H and O–H groups in total. The first kappa shape index (κ1) is 17.9. The van der Waals surface area contributed by atoms with Gasteiger partial charge in [-0.25, -0.2) is 4.98 Å². The van der Waals surface area contributed by atoms with Crippen LogP contribution in [-0.2, 0) is 9.59 Å². The Morgan fingerprint density at radius 3 is 2.86 bits per heavy atom. The molecule has 7 nitrogen and oxygen atoms in total. The molecular formula is C21H19N3O4S. The predicted molar refractivity (Wildman–Crippen MR) is 111 cm³/mol. The van der Waals surface area contributed by atoms with Gasteiger partial charge in [-0.2, -0.15) is 0 Å². The Morgan fingerprint density at radius 1 is 1.17 bits per heavy atom. The Balaban J connectivity index is 1.30. The number of aryl methyl sites for hydroxylation is 1. The smallest absolute Gasteiger partial charge is 0.229 e. The number of fused-ring (bicyclic) bond motifs is 2. The highest BCUT2D eigenvalue weighted by molar-refractivity contribution is 7.18. The quantitative estimate of drug-likeness (QED) is 0.717. The third-order valence-electron chi connectivity index (χ3n) is 5.10. The van der Waals surface area contributed by atoms with Crippen molar-refractivity contribution < 1.29 is 19.1 Å². The van der Waals surface area contributed by atoms with E-state index in [1.54, 1.807) is 34.4 Å². The minimum atomic E-state index is -0.413. The van der Waals surface area contributed by atoms with E-state index in [0.717, 1.165) is 20.9 Å². The summed E-state index contributed by atoms with van der Waals surface area (Å²) in [5, 5.41) is 3.88. The van der Waals surface area contributed by atoms with Crippen molar-refractivity contribution in [1.29, 1.82) is 0 Å². The number of aromatic nitrogens is 1. The SMILES string of the molecule is Cc1nc2cc(N3CC(C(=O)Nc4ccc5c(c4)OCCO5)CC3=O)ccc2s1. The maximum Gasteiger partial charge on any atom is 0.229 e. The van der Waals surface area contributed by atoms with Crippen LogP contribution in [0.2, 0.25) is 0 Å². The molecule has 1 atom stereocenters. The molecule has 2 aromatic carbocycles. The van der Waals surface area contributed by atoms with Gasteiger partial charge in [-0.3, -0.25) is 9.59 Å². The predicted octanol–water partition coefficient (Wildman–Crippen LogP) is 3.37. The van der Waals surface area contributed by atoms with Crippen LogP contribution >= 0.6 is 11.3 Å². The first-order chi connectivity index (χ1) is 14.1. The van der Waals surface area contributed by atoms with Gasteiger partial charge in [0.15, 0.2) is 11.5 Å². The largest absolute Gasteiger partial charge is 0.486 e. The first-order valence-corrected chi connectivity index (χ1v) is 10.3.